The minimum atomic E-state index is 0.267. The van der Waals surface area contributed by atoms with Crippen molar-refractivity contribution in [2.75, 3.05) is 12.4 Å². The van der Waals surface area contributed by atoms with E-state index in [2.05, 4.69) is 20.6 Å². The summed E-state index contributed by atoms with van der Waals surface area (Å²) in [4.78, 5) is 9.04. The number of hydrogen-bond donors (Lipinski definition) is 2. The Labute approximate surface area is 143 Å². The second-order valence-electron chi connectivity index (χ2n) is 6.36. The van der Waals surface area contributed by atoms with E-state index >= 15 is 0 Å². The van der Waals surface area contributed by atoms with Gasteiger partial charge in [-0.1, -0.05) is 18.2 Å². The van der Waals surface area contributed by atoms with Gasteiger partial charge in [-0.15, -0.1) is 0 Å². The minimum absolute atomic E-state index is 0.267. The molecule has 1 aromatic heterocycles. The quantitative estimate of drug-likeness (QED) is 0.873. The molecule has 24 heavy (non-hydrogen) atoms. The smallest absolute Gasteiger partial charge is 0.227 e. The minimum Gasteiger partial charge on any atom is -0.488 e. The number of nitrogens with zero attached hydrogens (tertiary/aromatic N) is 2. The van der Waals surface area contributed by atoms with Gasteiger partial charge in [-0.25, -0.2) is 9.97 Å². The Morgan fingerprint density at radius 1 is 1.25 bits per heavy atom. The van der Waals surface area contributed by atoms with E-state index in [9.17, 15) is 0 Å². The molecule has 0 saturated heterocycles. The first-order valence-electron chi connectivity index (χ1n) is 8.69. The number of benzene rings is 1. The Kier molecular flexibility index (Phi) is 5.30. The number of ether oxygens (including phenoxy) is 1. The summed E-state index contributed by atoms with van der Waals surface area (Å²) in [6.07, 6.45) is 8.59. The van der Waals surface area contributed by atoms with E-state index in [1.807, 2.05) is 51.4 Å². The number of aromatic nitrogens is 2. The van der Waals surface area contributed by atoms with E-state index in [4.69, 9.17) is 4.74 Å². The first kappa shape index (κ1) is 16.7. The third-order valence-corrected chi connectivity index (χ3v) is 4.69. The van der Waals surface area contributed by atoms with Crippen LogP contribution >= 0.6 is 0 Å². The fourth-order valence-electron chi connectivity index (χ4n) is 3.08. The van der Waals surface area contributed by atoms with Crippen LogP contribution in [-0.2, 0) is 0 Å². The van der Waals surface area contributed by atoms with Crippen molar-refractivity contribution < 1.29 is 4.74 Å². The summed E-state index contributed by atoms with van der Waals surface area (Å²) in [5, 5.41) is 7.56. The summed E-state index contributed by atoms with van der Waals surface area (Å²) in [5.74, 6) is 1.46. The monoisotopic (exact) mass is 326 g/mol. The second-order valence-corrected chi connectivity index (χ2v) is 6.36. The largest absolute Gasteiger partial charge is 0.488 e. The first-order chi connectivity index (χ1) is 11.7. The molecule has 0 unspecified atom stereocenters. The number of anilines is 1. The number of nitrogens with one attached hydrogen (secondary N) is 2. The van der Waals surface area contributed by atoms with Gasteiger partial charge in [-0.2, -0.15) is 0 Å². The van der Waals surface area contributed by atoms with Gasteiger partial charge in [0.15, 0.2) is 0 Å². The molecule has 0 spiro atoms. The lowest BCUT2D eigenvalue weighted by Crippen LogP contribution is -2.34. The van der Waals surface area contributed by atoms with Gasteiger partial charge in [0.1, 0.15) is 11.3 Å². The van der Waals surface area contributed by atoms with Crippen molar-refractivity contribution >= 4 is 16.9 Å². The molecule has 1 saturated carbocycles. The Hall–Kier alpha value is -2.14. The summed E-state index contributed by atoms with van der Waals surface area (Å²) in [5.41, 5.74) is 1.90. The number of para-hydroxylation sites is 1. The van der Waals surface area contributed by atoms with Crippen molar-refractivity contribution in [2.24, 2.45) is 0 Å². The van der Waals surface area contributed by atoms with Gasteiger partial charge in [0.05, 0.1) is 6.10 Å². The number of hydrogen-bond acceptors (Lipinski definition) is 5. The highest BCUT2D eigenvalue weighted by molar-refractivity contribution is 5.84. The Balaban J connectivity index is 1.81. The Morgan fingerprint density at radius 2 is 2.04 bits per heavy atom. The van der Waals surface area contributed by atoms with Crippen molar-refractivity contribution in [1.82, 2.24) is 15.3 Å². The van der Waals surface area contributed by atoms with Crippen LogP contribution in [0.2, 0.25) is 0 Å². The summed E-state index contributed by atoms with van der Waals surface area (Å²) in [6.45, 7) is 3.98. The summed E-state index contributed by atoms with van der Waals surface area (Å²) in [7, 11) is 2.04. The van der Waals surface area contributed by atoms with Crippen LogP contribution in [0.3, 0.4) is 0 Å². The molecule has 3 rings (SSSR count). The molecule has 1 aliphatic rings. The van der Waals surface area contributed by atoms with Gasteiger partial charge >= 0.3 is 0 Å². The van der Waals surface area contributed by atoms with Crippen LogP contribution in [0.1, 0.15) is 39.5 Å². The average molecular weight is 326 g/mol. The van der Waals surface area contributed by atoms with E-state index in [-0.39, 0.29) is 6.10 Å². The zero-order chi connectivity index (χ0) is 16.9. The van der Waals surface area contributed by atoms with Crippen LogP contribution in [0.5, 0.6) is 5.75 Å². The average Bonchev–Trinajstić information content (AvgIpc) is 2.62. The third kappa shape index (κ3) is 3.85. The van der Waals surface area contributed by atoms with E-state index in [0.717, 1.165) is 48.0 Å². The third-order valence-electron chi connectivity index (χ3n) is 4.69. The Bertz CT molecular complexity index is 720. The molecule has 0 bridgehead atoms. The van der Waals surface area contributed by atoms with Crippen LogP contribution in [0, 0.1) is 0 Å². The fraction of sp³-hybridized carbons (Fsp3) is 0.474. The molecule has 2 aromatic rings. The standard InChI is InChI=1S/C19H26N4O/c1-4-13(2)22-19-21-12-14-6-5-7-17(18(14)23-19)24-16-10-8-15(20-3)9-11-16/h4-7,12,15-16,20H,8-11H2,1-3H3,(H,21,22,23)/b13-4+. The van der Waals surface area contributed by atoms with Gasteiger partial charge in [-0.3, -0.25) is 0 Å². The highest BCUT2D eigenvalue weighted by atomic mass is 16.5. The maximum atomic E-state index is 6.29. The molecule has 1 aliphatic carbocycles. The summed E-state index contributed by atoms with van der Waals surface area (Å²) in [6, 6.07) is 6.65. The van der Waals surface area contributed by atoms with Crippen molar-refractivity contribution in [1.29, 1.82) is 0 Å². The topological polar surface area (TPSA) is 59.1 Å². The second kappa shape index (κ2) is 7.62. The summed E-state index contributed by atoms with van der Waals surface area (Å²) >= 11 is 0. The van der Waals surface area contributed by atoms with Crippen molar-refractivity contribution in [3.8, 4) is 5.75 Å². The molecule has 5 nitrogen and oxygen atoms in total. The zero-order valence-corrected chi connectivity index (χ0v) is 14.7. The van der Waals surface area contributed by atoms with Crippen LogP contribution in [0.15, 0.2) is 36.2 Å². The maximum Gasteiger partial charge on any atom is 0.227 e. The fourth-order valence-corrected chi connectivity index (χ4v) is 3.08. The molecule has 0 atom stereocenters. The highest BCUT2D eigenvalue weighted by Crippen LogP contribution is 2.29. The lowest BCUT2D eigenvalue weighted by atomic mass is 9.93. The van der Waals surface area contributed by atoms with Crippen LogP contribution < -0.4 is 15.4 Å². The van der Waals surface area contributed by atoms with Crippen LogP contribution in [-0.4, -0.2) is 29.2 Å². The predicted octanol–water partition coefficient (Wildman–Crippen LogP) is 3.87. The maximum absolute atomic E-state index is 6.29. The lowest BCUT2D eigenvalue weighted by molar-refractivity contribution is 0.143. The molecular formula is C19H26N4O. The predicted molar refractivity (Wildman–Crippen MR) is 98.3 cm³/mol. The van der Waals surface area contributed by atoms with Crippen molar-refractivity contribution in [2.45, 2.75) is 51.7 Å². The van der Waals surface area contributed by atoms with Crippen LogP contribution in [0.4, 0.5) is 5.95 Å². The number of rotatable bonds is 5. The molecule has 0 radical (unpaired) electrons. The SMILES string of the molecule is C/C=C(\C)Nc1ncc2cccc(OC3CCC(NC)CC3)c2n1. The Morgan fingerprint density at radius 3 is 2.75 bits per heavy atom. The highest BCUT2D eigenvalue weighted by Gasteiger charge is 2.22. The first-order valence-corrected chi connectivity index (χ1v) is 8.69. The van der Waals surface area contributed by atoms with Crippen molar-refractivity contribution in [3.63, 3.8) is 0 Å². The van der Waals surface area contributed by atoms with E-state index in [1.165, 1.54) is 0 Å². The number of fused-ring (bicyclic) bond motifs is 1. The van der Waals surface area contributed by atoms with E-state index in [1.54, 1.807) is 0 Å². The zero-order valence-electron chi connectivity index (χ0n) is 14.7. The molecular weight excluding hydrogens is 300 g/mol. The molecule has 0 amide bonds. The van der Waals surface area contributed by atoms with Gasteiger partial charge in [0.25, 0.3) is 0 Å². The van der Waals surface area contributed by atoms with E-state index < -0.39 is 0 Å². The van der Waals surface area contributed by atoms with E-state index in [0.29, 0.717) is 12.0 Å². The lowest BCUT2D eigenvalue weighted by Gasteiger charge is -2.28. The van der Waals surface area contributed by atoms with Crippen molar-refractivity contribution in [3.05, 3.63) is 36.2 Å². The number of allylic oxidation sites excluding steroid dienone is 2. The molecule has 1 heterocycles. The molecule has 2 N–H and O–H groups in total. The molecule has 1 aromatic carbocycles. The van der Waals surface area contributed by atoms with Gasteiger partial charge in [0, 0.05) is 23.3 Å². The van der Waals surface area contributed by atoms with Gasteiger partial charge in [0.2, 0.25) is 5.95 Å². The molecule has 0 aliphatic heterocycles. The summed E-state index contributed by atoms with van der Waals surface area (Å²) < 4.78 is 6.29. The van der Waals surface area contributed by atoms with Crippen LogP contribution in [0.25, 0.3) is 10.9 Å². The molecule has 1 fully saturated rings. The van der Waals surface area contributed by atoms with Gasteiger partial charge < -0.3 is 15.4 Å². The molecule has 128 valence electrons. The molecule has 5 heteroatoms. The normalized spacial score (nSPS) is 21.7. The van der Waals surface area contributed by atoms with Gasteiger partial charge in [-0.05, 0) is 52.6 Å².